The molecule has 0 N–H and O–H groups in total. The zero-order valence-corrected chi connectivity index (χ0v) is 4.95. The van der Waals surface area contributed by atoms with Crippen molar-refractivity contribution in [2.45, 2.75) is 5.56 Å². The molecule has 0 fully saturated rings. The lowest BCUT2D eigenvalue weighted by molar-refractivity contribution is 0.315. The summed E-state index contributed by atoms with van der Waals surface area (Å²) in [7, 11) is 0. The van der Waals surface area contributed by atoms with E-state index in [0.29, 0.717) is 0 Å². The minimum atomic E-state index is -0.465. The van der Waals surface area contributed by atoms with E-state index in [1.165, 1.54) is 0 Å². The summed E-state index contributed by atoms with van der Waals surface area (Å²) < 4.78 is 4.62. The third kappa shape index (κ3) is 1.10. The summed E-state index contributed by atoms with van der Waals surface area (Å²) in [5, 5.41) is 6.98. The third-order valence-corrected chi connectivity index (χ3v) is 0.831. The molecule has 3 nitrogen and oxygen atoms in total. The Morgan fingerprint density at radius 2 is 2.57 bits per heavy atom. The van der Waals surface area contributed by atoms with Gasteiger partial charge in [0.2, 0.25) is 0 Å². The molecule has 0 aromatic heterocycles. The number of rotatable bonds is 0. The quantitative estimate of drug-likeness (QED) is 0.395. The van der Waals surface area contributed by atoms with Crippen LogP contribution in [-0.2, 0) is 4.74 Å². The van der Waals surface area contributed by atoms with Crippen LogP contribution in [0.4, 0.5) is 0 Å². The fourth-order valence-corrected chi connectivity index (χ4v) is 0.595. The fraction of sp³-hybridized carbons (Fsp3) is 0.500. The van der Waals surface area contributed by atoms with Gasteiger partial charge < -0.3 is 4.74 Å². The van der Waals surface area contributed by atoms with Gasteiger partial charge in [-0.15, -0.1) is 22.9 Å². The van der Waals surface area contributed by atoms with E-state index < -0.39 is 5.56 Å². The highest BCUT2D eigenvalue weighted by Crippen LogP contribution is 2.09. The molecule has 1 unspecified atom stereocenters. The molecule has 0 aromatic carbocycles. The fourth-order valence-electron chi connectivity index (χ4n) is 0.234. The normalized spacial score (nSPS) is 28.1. The Morgan fingerprint density at radius 1 is 1.86 bits per heavy atom. The Balaban J connectivity index is 2.58. The number of thiol groups is 1. The smallest absolute Gasteiger partial charge is 0.304 e. The molecule has 0 aromatic rings. The number of ether oxygens (including phenoxy) is 1. The second kappa shape index (κ2) is 1.75. The Bertz CT molecular complexity index is 123. The molecule has 38 valence electrons. The molecule has 0 radical (unpaired) electrons. The van der Waals surface area contributed by atoms with Gasteiger partial charge >= 0.3 is 5.17 Å². The predicted octanol–water partition coefficient (Wildman–Crippen LogP) is 0.967. The van der Waals surface area contributed by atoms with E-state index in [0.717, 1.165) is 0 Å². The number of nitrogens with zero attached hydrogens (tertiary/aromatic N) is 2. The molecule has 1 atom stereocenters. The van der Waals surface area contributed by atoms with Crippen molar-refractivity contribution in [3.05, 3.63) is 0 Å². The molecule has 0 saturated carbocycles. The van der Waals surface area contributed by atoms with Crippen molar-refractivity contribution in [3.63, 3.8) is 0 Å². The summed E-state index contributed by atoms with van der Waals surface area (Å²) in [5.41, 5.74) is -0.465. The van der Waals surface area contributed by atoms with Crippen LogP contribution in [-0.4, -0.2) is 10.7 Å². The molecule has 1 rings (SSSR count). The van der Waals surface area contributed by atoms with E-state index in [1.54, 1.807) is 0 Å². The largest absolute Gasteiger partial charge is 0.431 e. The first kappa shape index (κ1) is 4.99. The molecule has 1 heterocycles. The zero-order chi connectivity index (χ0) is 5.28. The highest BCUT2D eigenvalue weighted by atomic mass is 32.1. The Hall–Kier alpha value is -0.160. The van der Waals surface area contributed by atoms with E-state index in [4.69, 9.17) is 0 Å². The topological polar surface area (TPSA) is 34.0 Å². The summed E-state index contributed by atoms with van der Waals surface area (Å²) in [4.78, 5) is 0. The van der Waals surface area contributed by atoms with E-state index in [1.807, 2.05) is 0 Å². The second-order valence-electron chi connectivity index (χ2n) is 0.926. The molecule has 1 aliphatic heterocycles. The SMILES string of the molecule is S=C1N=NC(S)O1. The van der Waals surface area contributed by atoms with Crippen LogP contribution in [0.25, 0.3) is 0 Å². The van der Waals surface area contributed by atoms with Gasteiger partial charge in [0.05, 0.1) is 0 Å². The second-order valence-corrected chi connectivity index (χ2v) is 1.72. The average molecular weight is 134 g/mol. The summed E-state index contributed by atoms with van der Waals surface area (Å²) in [6.45, 7) is 0. The maximum Gasteiger partial charge on any atom is 0.304 e. The van der Waals surface area contributed by atoms with E-state index in [-0.39, 0.29) is 5.17 Å². The van der Waals surface area contributed by atoms with Gasteiger partial charge in [-0.2, -0.15) is 0 Å². The lowest BCUT2D eigenvalue weighted by atomic mass is 11.3. The van der Waals surface area contributed by atoms with E-state index in [2.05, 4.69) is 39.8 Å². The van der Waals surface area contributed by atoms with Crippen molar-refractivity contribution in [2.75, 3.05) is 0 Å². The Labute approximate surface area is 51.2 Å². The van der Waals surface area contributed by atoms with Crippen molar-refractivity contribution in [1.29, 1.82) is 0 Å². The molecule has 1 aliphatic rings. The van der Waals surface area contributed by atoms with Crippen LogP contribution >= 0.6 is 24.8 Å². The van der Waals surface area contributed by atoms with Gasteiger partial charge in [0.25, 0.3) is 5.56 Å². The number of thiocarbonyl (C=S) groups is 1. The summed E-state index contributed by atoms with van der Waals surface area (Å²) in [5.74, 6) is 0. The molecule has 0 spiro atoms. The highest BCUT2D eigenvalue weighted by molar-refractivity contribution is 7.81. The third-order valence-electron chi connectivity index (χ3n) is 0.444. The highest BCUT2D eigenvalue weighted by Gasteiger charge is 2.09. The lowest BCUT2D eigenvalue weighted by Gasteiger charge is -1.91. The van der Waals surface area contributed by atoms with Crippen LogP contribution in [0, 0.1) is 0 Å². The van der Waals surface area contributed by atoms with Gasteiger partial charge in [0.15, 0.2) is 0 Å². The first-order chi connectivity index (χ1) is 3.29. The van der Waals surface area contributed by atoms with Crippen LogP contribution in [0.5, 0.6) is 0 Å². The van der Waals surface area contributed by atoms with Gasteiger partial charge in [-0.25, -0.2) is 0 Å². The van der Waals surface area contributed by atoms with Gasteiger partial charge in [-0.05, 0) is 12.2 Å². The Morgan fingerprint density at radius 3 is 2.71 bits per heavy atom. The number of azo groups is 1. The summed E-state index contributed by atoms with van der Waals surface area (Å²) in [6.07, 6.45) is 0. The van der Waals surface area contributed by atoms with Crippen LogP contribution in [0.1, 0.15) is 0 Å². The van der Waals surface area contributed by atoms with Crippen LogP contribution < -0.4 is 0 Å². The predicted molar refractivity (Wildman–Crippen MR) is 31.3 cm³/mol. The van der Waals surface area contributed by atoms with Gasteiger partial charge in [-0.3, -0.25) is 0 Å². The maximum atomic E-state index is 4.62. The Kier molecular flexibility index (Phi) is 1.25. The van der Waals surface area contributed by atoms with Crippen molar-refractivity contribution in [3.8, 4) is 0 Å². The van der Waals surface area contributed by atoms with Gasteiger partial charge in [0.1, 0.15) is 0 Å². The molecular weight excluding hydrogens is 132 g/mol. The number of hydrogen-bond acceptors (Lipinski definition) is 4. The summed E-state index contributed by atoms with van der Waals surface area (Å²) in [6, 6.07) is 0. The average Bonchev–Trinajstić information content (AvgIpc) is 1.87. The molecule has 0 saturated heterocycles. The molecule has 7 heavy (non-hydrogen) atoms. The minimum absolute atomic E-state index is 0.167. The molecular formula is C2H2N2OS2. The van der Waals surface area contributed by atoms with Crippen molar-refractivity contribution >= 4 is 30.0 Å². The van der Waals surface area contributed by atoms with Gasteiger partial charge in [0, 0.05) is 0 Å². The van der Waals surface area contributed by atoms with E-state index >= 15 is 0 Å². The molecule has 0 aliphatic carbocycles. The van der Waals surface area contributed by atoms with Crippen LogP contribution in [0.15, 0.2) is 10.2 Å². The van der Waals surface area contributed by atoms with E-state index in [9.17, 15) is 0 Å². The standard InChI is InChI=1S/C2H2N2OS2/c6-1-3-4-2(7)5-1/h1,6H. The van der Waals surface area contributed by atoms with Crippen molar-refractivity contribution in [1.82, 2.24) is 0 Å². The monoisotopic (exact) mass is 134 g/mol. The zero-order valence-electron chi connectivity index (χ0n) is 3.24. The lowest BCUT2D eigenvalue weighted by Crippen LogP contribution is -1.95. The van der Waals surface area contributed by atoms with Crippen LogP contribution in [0.3, 0.4) is 0 Å². The molecule has 0 amide bonds. The maximum absolute atomic E-state index is 4.62. The summed E-state index contributed by atoms with van der Waals surface area (Å²) >= 11 is 8.25. The van der Waals surface area contributed by atoms with Crippen molar-refractivity contribution < 1.29 is 4.74 Å². The minimum Gasteiger partial charge on any atom is -0.431 e. The molecule has 5 heteroatoms. The number of hydrogen-bond donors (Lipinski definition) is 1. The molecule has 0 bridgehead atoms. The first-order valence-electron chi connectivity index (χ1n) is 1.58. The van der Waals surface area contributed by atoms with Crippen molar-refractivity contribution in [2.24, 2.45) is 10.2 Å². The first-order valence-corrected chi connectivity index (χ1v) is 2.51. The van der Waals surface area contributed by atoms with Gasteiger partial charge in [-0.1, -0.05) is 0 Å². The van der Waals surface area contributed by atoms with Crippen LogP contribution in [0.2, 0.25) is 0 Å².